The molecule has 10 heteroatoms. The third-order valence-corrected chi connectivity index (χ3v) is 2.32. The number of hydrogen-bond acceptors (Lipinski definition) is 5. The Kier molecular flexibility index (Phi) is 5.28. The van der Waals surface area contributed by atoms with E-state index in [0.717, 1.165) is 0 Å². The maximum Gasteiger partial charge on any atom is 0.586 e. The summed E-state index contributed by atoms with van der Waals surface area (Å²) in [6.07, 6.45) is -3.71. The fraction of sp³-hybridized carbons (Fsp3) is 0.273. The molecule has 2 rings (SSSR count). The highest BCUT2D eigenvalue weighted by atomic mass is 35.5. The van der Waals surface area contributed by atoms with Crippen LogP contribution in [-0.4, -0.2) is 31.2 Å². The second-order valence-electron chi connectivity index (χ2n) is 3.86. The monoisotopic (exact) mass is 323 g/mol. The van der Waals surface area contributed by atoms with Crippen LogP contribution in [0, 0.1) is 0 Å². The van der Waals surface area contributed by atoms with Gasteiger partial charge in [0.05, 0.1) is 13.1 Å². The number of ether oxygens (including phenoxy) is 2. The van der Waals surface area contributed by atoms with Crippen LogP contribution in [0.3, 0.4) is 0 Å². The minimum Gasteiger partial charge on any atom is -0.395 e. The summed E-state index contributed by atoms with van der Waals surface area (Å²) in [7, 11) is 0. The molecular formula is C11H12ClF2N3O4. The van der Waals surface area contributed by atoms with Crippen LogP contribution in [0.4, 0.5) is 14.5 Å². The minimum absolute atomic E-state index is 0. The second-order valence-corrected chi connectivity index (χ2v) is 3.86. The average Bonchev–Trinajstić information content (AvgIpc) is 2.69. The van der Waals surface area contributed by atoms with E-state index in [4.69, 9.17) is 5.73 Å². The summed E-state index contributed by atoms with van der Waals surface area (Å²) in [5, 5.41) is 4.67. The number of hydrogen-bond donors (Lipinski definition) is 3. The van der Waals surface area contributed by atoms with Crippen LogP contribution in [0.25, 0.3) is 0 Å². The minimum atomic E-state index is -3.71. The number of carbonyl (C=O) groups excluding carboxylic acids is 2. The number of carbonyl (C=O) groups is 2. The van der Waals surface area contributed by atoms with E-state index in [1.165, 1.54) is 18.2 Å². The van der Waals surface area contributed by atoms with E-state index >= 15 is 0 Å². The van der Waals surface area contributed by atoms with Gasteiger partial charge in [-0.25, -0.2) is 0 Å². The standard InChI is InChI=1S/C11H11F2N3O4.ClH/c12-11(13)19-7-2-1-6(3-8(7)20-11)16-10(18)5-15-9(17)4-14;/h1-3H,4-5,14H2,(H,15,17)(H,16,18);1H. The van der Waals surface area contributed by atoms with Crippen molar-refractivity contribution in [1.29, 1.82) is 0 Å². The molecule has 0 aromatic heterocycles. The summed E-state index contributed by atoms with van der Waals surface area (Å²) < 4.78 is 34.0. The van der Waals surface area contributed by atoms with Gasteiger partial charge in [-0.15, -0.1) is 21.2 Å². The molecule has 0 saturated heterocycles. The molecule has 1 heterocycles. The largest absolute Gasteiger partial charge is 0.586 e. The van der Waals surface area contributed by atoms with Gasteiger partial charge < -0.3 is 25.8 Å². The number of nitrogens with two attached hydrogens (primary N) is 1. The summed E-state index contributed by atoms with van der Waals surface area (Å²) in [4.78, 5) is 22.3. The molecule has 0 fully saturated rings. The van der Waals surface area contributed by atoms with Gasteiger partial charge in [-0.1, -0.05) is 0 Å². The first-order valence-electron chi connectivity index (χ1n) is 5.56. The van der Waals surface area contributed by atoms with Crippen LogP contribution in [0.1, 0.15) is 0 Å². The molecule has 1 aliphatic rings. The van der Waals surface area contributed by atoms with Gasteiger partial charge >= 0.3 is 6.29 Å². The summed E-state index contributed by atoms with van der Waals surface area (Å²) in [5.41, 5.74) is 5.29. The van der Waals surface area contributed by atoms with E-state index in [2.05, 4.69) is 20.1 Å². The SMILES string of the molecule is Cl.NCC(=O)NCC(=O)Nc1ccc2c(c1)OC(F)(F)O2. The molecule has 0 radical (unpaired) electrons. The van der Waals surface area contributed by atoms with Crippen molar-refractivity contribution in [2.45, 2.75) is 6.29 Å². The molecule has 1 aromatic rings. The molecule has 116 valence electrons. The third-order valence-electron chi connectivity index (χ3n) is 2.32. The van der Waals surface area contributed by atoms with Gasteiger partial charge in [0.1, 0.15) is 0 Å². The van der Waals surface area contributed by atoms with Gasteiger partial charge in [0, 0.05) is 11.8 Å². The number of nitrogens with one attached hydrogen (secondary N) is 2. The van der Waals surface area contributed by atoms with Crippen molar-refractivity contribution in [2.75, 3.05) is 18.4 Å². The lowest BCUT2D eigenvalue weighted by molar-refractivity contribution is -0.286. The summed E-state index contributed by atoms with van der Waals surface area (Å²) in [6, 6.07) is 3.80. The highest BCUT2D eigenvalue weighted by Gasteiger charge is 2.43. The Morgan fingerprint density at radius 2 is 1.86 bits per heavy atom. The molecule has 2 amide bonds. The number of alkyl halides is 2. The summed E-state index contributed by atoms with van der Waals surface area (Å²) in [5.74, 6) is -1.31. The molecule has 0 atom stereocenters. The number of fused-ring (bicyclic) bond motifs is 1. The van der Waals surface area contributed by atoms with E-state index < -0.39 is 18.1 Å². The lowest BCUT2D eigenvalue weighted by atomic mass is 10.3. The van der Waals surface area contributed by atoms with Crippen molar-refractivity contribution in [3.63, 3.8) is 0 Å². The lowest BCUT2D eigenvalue weighted by Gasteiger charge is -2.06. The van der Waals surface area contributed by atoms with Crippen LogP contribution in [0.2, 0.25) is 0 Å². The molecule has 0 aliphatic carbocycles. The van der Waals surface area contributed by atoms with Crippen molar-refractivity contribution < 1.29 is 27.8 Å². The zero-order valence-electron chi connectivity index (χ0n) is 10.5. The van der Waals surface area contributed by atoms with Crippen LogP contribution in [-0.2, 0) is 9.59 Å². The molecule has 0 saturated carbocycles. The summed E-state index contributed by atoms with van der Waals surface area (Å²) >= 11 is 0. The highest BCUT2D eigenvalue weighted by molar-refractivity contribution is 5.95. The van der Waals surface area contributed by atoms with E-state index in [0.29, 0.717) is 0 Å². The maximum absolute atomic E-state index is 12.8. The number of benzene rings is 1. The first-order chi connectivity index (χ1) is 9.39. The molecule has 0 unspecified atom stereocenters. The number of rotatable bonds is 4. The molecule has 7 nitrogen and oxygen atoms in total. The molecule has 1 aliphatic heterocycles. The molecular weight excluding hydrogens is 312 g/mol. The number of halogens is 3. The molecule has 0 bridgehead atoms. The normalized spacial score (nSPS) is 14.0. The first-order valence-corrected chi connectivity index (χ1v) is 5.56. The number of anilines is 1. The Balaban J connectivity index is 0.00000220. The smallest absolute Gasteiger partial charge is 0.395 e. The fourth-order valence-electron chi connectivity index (χ4n) is 1.48. The second kappa shape index (κ2) is 6.55. The van der Waals surface area contributed by atoms with Crippen LogP contribution < -0.4 is 25.8 Å². The Morgan fingerprint density at radius 3 is 2.52 bits per heavy atom. The van der Waals surface area contributed by atoms with E-state index in [-0.39, 0.29) is 42.7 Å². The highest BCUT2D eigenvalue weighted by Crippen LogP contribution is 2.42. The van der Waals surface area contributed by atoms with Crippen molar-refractivity contribution in [3.8, 4) is 11.5 Å². The quantitative estimate of drug-likeness (QED) is 0.746. The van der Waals surface area contributed by atoms with Gasteiger partial charge in [0.2, 0.25) is 11.8 Å². The lowest BCUT2D eigenvalue weighted by Crippen LogP contribution is -2.36. The van der Waals surface area contributed by atoms with Gasteiger partial charge in [0.25, 0.3) is 0 Å². The maximum atomic E-state index is 12.8. The summed E-state index contributed by atoms with van der Waals surface area (Å²) in [6.45, 7) is -0.507. The first kappa shape index (κ1) is 16.9. The molecule has 0 spiro atoms. The van der Waals surface area contributed by atoms with Crippen molar-refractivity contribution in [3.05, 3.63) is 18.2 Å². The Hall–Kier alpha value is -2.13. The topological polar surface area (TPSA) is 103 Å². The Morgan fingerprint density at radius 1 is 1.19 bits per heavy atom. The molecule has 1 aromatic carbocycles. The number of amides is 2. The van der Waals surface area contributed by atoms with Gasteiger partial charge in [-0.05, 0) is 12.1 Å². The third kappa shape index (κ3) is 4.43. The van der Waals surface area contributed by atoms with Crippen molar-refractivity contribution in [2.24, 2.45) is 5.73 Å². The molecule has 4 N–H and O–H groups in total. The van der Waals surface area contributed by atoms with Crippen molar-refractivity contribution in [1.82, 2.24) is 5.32 Å². The van der Waals surface area contributed by atoms with Crippen LogP contribution >= 0.6 is 12.4 Å². The van der Waals surface area contributed by atoms with Crippen LogP contribution in [0.15, 0.2) is 18.2 Å². The zero-order valence-corrected chi connectivity index (χ0v) is 11.3. The fourth-order valence-corrected chi connectivity index (χ4v) is 1.48. The van der Waals surface area contributed by atoms with Gasteiger partial charge in [0.15, 0.2) is 11.5 Å². The van der Waals surface area contributed by atoms with Gasteiger partial charge in [-0.2, -0.15) is 0 Å². The van der Waals surface area contributed by atoms with Crippen molar-refractivity contribution >= 4 is 29.9 Å². The zero-order chi connectivity index (χ0) is 14.8. The van der Waals surface area contributed by atoms with Gasteiger partial charge in [-0.3, -0.25) is 9.59 Å². The Labute approximate surface area is 124 Å². The van der Waals surface area contributed by atoms with Crippen LogP contribution in [0.5, 0.6) is 11.5 Å². The predicted molar refractivity (Wildman–Crippen MR) is 70.6 cm³/mol. The predicted octanol–water partition coefficient (Wildman–Crippen LogP) is 0.443. The molecule has 21 heavy (non-hydrogen) atoms. The average molecular weight is 324 g/mol. The van der Waals surface area contributed by atoms with E-state index in [1.54, 1.807) is 0 Å². The van der Waals surface area contributed by atoms with E-state index in [9.17, 15) is 18.4 Å². The van der Waals surface area contributed by atoms with E-state index in [1.807, 2.05) is 0 Å². The Bertz CT molecular complexity index is 556.